The smallest absolute Gasteiger partial charge is 0.341 e. The number of carbonyl (C=O) groups is 1. The fourth-order valence-corrected chi connectivity index (χ4v) is 2.22. The first-order valence-electron chi connectivity index (χ1n) is 7.57. The van der Waals surface area contributed by atoms with Gasteiger partial charge < -0.3 is 15.2 Å². The zero-order chi connectivity index (χ0) is 18.2. The summed E-state index contributed by atoms with van der Waals surface area (Å²) in [5.74, 6) is -0.604. The summed E-state index contributed by atoms with van der Waals surface area (Å²) < 4.78 is 5.21. The Bertz CT molecular complexity index is 806. The highest BCUT2D eigenvalue weighted by Gasteiger charge is 2.04. The molecule has 0 saturated heterocycles. The molecule has 0 aliphatic heterocycles. The highest BCUT2D eigenvalue weighted by atomic mass is 32.1. The molecule has 2 rings (SSSR count). The largest absolute Gasteiger partial charge is 0.481 e. The fraction of sp³-hybridized carbons (Fsp3) is 0.167. The van der Waals surface area contributed by atoms with Crippen molar-refractivity contribution in [1.82, 2.24) is 5.43 Å². The van der Waals surface area contributed by atoms with Gasteiger partial charge in [-0.05, 0) is 55.4 Å². The van der Waals surface area contributed by atoms with E-state index < -0.39 is 12.6 Å². The van der Waals surface area contributed by atoms with Gasteiger partial charge in [-0.15, -0.1) is 0 Å². The lowest BCUT2D eigenvalue weighted by molar-refractivity contribution is -0.139. The number of rotatable bonds is 6. The highest BCUT2D eigenvalue weighted by Crippen LogP contribution is 2.18. The number of nitrogens with one attached hydrogen (secondary N) is 2. The minimum Gasteiger partial charge on any atom is -0.481 e. The van der Waals surface area contributed by atoms with Crippen LogP contribution in [0.3, 0.4) is 0 Å². The van der Waals surface area contributed by atoms with E-state index in [-0.39, 0.29) is 0 Å². The van der Waals surface area contributed by atoms with Crippen LogP contribution in [0.2, 0.25) is 0 Å². The summed E-state index contributed by atoms with van der Waals surface area (Å²) in [7, 11) is 0. The SMILES string of the molecule is Cc1cccc(NC(=S)N/N=C/c2ccccc2OCC(=O)O)c1C. The Labute approximate surface area is 151 Å². The maximum Gasteiger partial charge on any atom is 0.341 e. The van der Waals surface area contributed by atoms with E-state index in [1.165, 1.54) is 11.8 Å². The molecule has 6 nitrogen and oxygen atoms in total. The number of hydrogen-bond donors (Lipinski definition) is 3. The summed E-state index contributed by atoms with van der Waals surface area (Å²) in [6.07, 6.45) is 1.52. The van der Waals surface area contributed by atoms with Crippen LogP contribution in [0.5, 0.6) is 5.75 Å². The number of anilines is 1. The van der Waals surface area contributed by atoms with Crippen LogP contribution in [-0.4, -0.2) is 29.0 Å². The van der Waals surface area contributed by atoms with Crippen LogP contribution in [0.25, 0.3) is 0 Å². The van der Waals surface area contributed by atoms with Gasteiger partial charge in [0.25, 0.3) is 0 Å². The first-order valence-corrected chi connectivity index (χ1v) is 7.98. The number of nitrogens with zero attached hydrogens (tertiary/aromatic N) is 1. The van der Waals surface area contributed by atoms with Crippen molar-refractivity contribution in [2.75, 3.05) is 11.9 Å². The lowest BCUT2D eigenvalue weighted by Gasteiger charge is -2.11. The molecular formula is C18H19N3O3S. The molecule has 3 N–H and O–H groups in total. The van der Waals surface area contributed by atoms with Gasteiger partial charge in [0.2, 0.25) is 0 Å². The van der Waals surface area contributed by atoms with E-state index in [0.29, 0.717) is 16.4 Å². The molecule has 0 atom stereocenters. The molecule has 7 heteroatoms. The molecule has 0 spiro atoms. The number of aryl methyl sites for hydroxylation is 1. The molecule has 0 saturated carbocycles. The molecule has 0 fully saturated rings. The van der Waals surface area contributed by atoms with E-state index in [1.54, 1.807) is 18.2 Å². The van der Waals surface area contributed by atoms with Gasteiger partial charge in [0.1, 0.15) is 5.75 Å². The average molecular weight is 357 g/mol. The van der Waals surface area contributed by atoms with Crippen molar-refractivity contribution in [3.05, 3.63) is 59.2 Å². The Hall–Kier alpha value is -2.93. The second kappa shape index (κ2) is 8.79. The number of carboxylic acids is 1. The summed E-state index contributed by atoms with van der Waals surface area (Å²) in [5, 5.41) is 16.2. The Balaban J connectivity index is 1.97. The van der Waals surface area contributed by atoms with Crippen molar-refractivity contribution in [3.63, 3.8) is 0 Å². The van der Waals surface area contributed by atoms with Gasteiger partial charge in [-0.1, -0.05) is 24.3 Å². The fourth-order valence-electron chi connectivity index (χ4n) is 2.06. The van der Waals surface area contributed by atoms with Crippen LogP contribution in [-0.2, 0) is 4.79 Å². The third kappa shape index (κ3) is 5.58. The number of ether oxygens (including phenoxy) is 1. The average Bonchev–Trinajstić information content (AvgIpc) is 2.58. The standard InChI is InChI=1S/C18H19N3O3S/c1-12-6-5-8-15(13(12)2)20-18(25)21-19-10-14-7-3-4-9-16(14)24-11-17(22)23/h3-10H,11H2,1-2H3,(H,22,23)(H2,20,21,25)/b19-10+. The third-order valence-electron chi connectivity index (χ3n) is 3.49. The molecule has 2 aromatic carbocycles. The highest BCUT2D eigenvalue weighted by molar-refractivity contribution is 7.80. The molecule has 130 valence electrons. The first-order chi connectivity index (χ1) is 12.0. The normalized spacial score (nSPS) is 10.5. The monoisotopic (exact) mass is 357 g/mol. The van der Waals surface area contributed by atoms with E-state index in [9.17, 15) is 4.79 Å². The van der Waals surface area contributed by atoms with Crippen molar-refractivity contribution >= 4 is 35.2 Å². The Kier molecular flexibility index (Phi) is 6.47. The van der Waals surface area contributed by atoms with Gasteiger partial charge in [-0.25, -0.2) is 4.79 Å². The van der Waals surface area contributed by atoms with Gasteiger partial charge in [-0.3, -0.25) is 5.43 Å². The summed E-state index contributed by atoms with van der Waals surface area (Å²) >= 11 is 5.23. The van der Waals surface area contributed by atoms with Crippen molar-refractivity contribution in [2.45, 2.75) is 13.8 Å². The zero-order valence-corrected chi connectivity index (χ0v) is 14.8. The number of benzene rings is 2. The van der Waals surface area contributed by atoms with Gasteiger partial charge in [0.05, 0.1) is 6.21 Å². The molecular weight excluding hydrogens is 338 g/mol. The number of hydrazone groups is 1. The second-order valence-corrected chi connectivity index (χ2v) is 5.70. The third-order valence-corrected chi connectivity index (χ3v) is 3.69. The molecule has 25 heavy (non-hydrogen) atoms. The number of para-hydroxylation sites is 1. The van der Waals surface area contributed by atoms with Crippen LogP contribution < -0.4 is 15.5 Å². The maximum atomic E-state index is 10.6. The quantitative estimate of drug-likeness (QED) is 0.419. The number of carboxylic acid groups (broad SMARTS) is 1. The van der Waals surface area contributed by atoms with E-state index in [2.05, 4.69) is 15.8 Å². The predicted molar refractivity (Wildman–Crippen MR) is 102 cm³/mol. The lowest BCUT2D eigenvalue weighted by Crippen LogP contribution is -2.24. The molecule has 0 aliphatic carbocycles. The number of hydrogen-bond acceptors (Lipinski definition) is 4. The minimum atomic E-state index is -1.04. The summed E-state index contributed by atoms with van der Waals surface area (Å²) in [5.41, 5.74) is 6.58. The molecule has 0 unspecified atom stereocenters. The van der Waals surface area contributed by atoms with Crippen molar-refractivity contribution in [2.24, 2.45) is 5.10 Å². The summed E-state index contributed by atoms with van der Waals surface area (Å²) in [6.45, 7) is 3.63. The maximum absolute atomic E-state index is 10.6. The Morgan fingerprint density at radius 2 is 2.00 bits per heavy atom. The number of aliphatic carboxylic acids is 1. The number of thiocarbonyl (C=S) groups is 1. The predicted octanol–water partition coefficient (Wildman–Crippen LogP) is 3.09. The molecule has 2 aromatic rings. The molecule has 0 aromatic heterocycles. The summed E-state index contributed by atoms with van der Waals surface area (Å²) in [6, 6.07) is 12.9. The van der Waals surface area contributed by atoms with Crippen molar-refractivity contribution < 1.29 is 14.6 Å². The molecule has 0 amide bonds. The Morgan fingerprint density at radius 1 is 1.24 bits per heavy atom. The van der Waals surface area contributed by atoms with Gasteiger partial charge >= 0.3 is 5.97 Å². The Morgan fingerprint density at radius 3 is 2.76 bits per heavy atom. The zero-order valence-electron chi connectivity index (χ0n) is 13.9. The van der Waals surface area contributed by atoms with Gasteiger partial charge in [0, 0.05) is 11.3 Å². The van der Waals surface area contributed by atoms with Crippen LogP contribution in [0.15, 0.2) is 47.6 Å². The van der Waals surface area contributed by atoms with Crippen molar-refractivity contribution in [1.29, 1.82) is 0 Å². The molecule has 0 aliphatic rings. The topological polar surface area (TPSA) is 83.0 Å². The van der Waals surface area contributed by atoms with E-state index in [4.69, 9.17) is 22.1 Å². The molecule has 0 radical (unpaired) electrons. The van der Waals surface area contributed by atoms with E-state index in [1.807, 2.05) is 38.1 Å². The van der Waals surface area contributed by atoms with Crippen LogP contribution in [0.1, 0.15) is 16.7 Å². The molecule has 0 heterocycles. The first kappa shape index (κ1) is 18.4. The van der Waals surface area contributed by atoms with Crippen LogP contribution in [0.4, 0.5) is 5.69 Å². The molecule has 0 bridgehead atoms. The summed E-state index contributed by atoms with van der Waals surface area (Å²) in [4.78, 5) is 10.6. The van der Waals surface area contributed by atoms with Gasteiger partial charge in [-0.2, -0.15) is 5.10 Å². The lowest BCUT2D eigenvalue weighted by atomic mass is 10.1. The van der Waals surface area contributed by atoms with E-state index in [0.717, 1.165) is 11.3 Å². The van der Waals surface area contributed by atoms with Crippen molar-refractivity contribution in [3.8, 4) is 5.75 Å². The van der Waals surface area contributed by atoms with Crippen LogP contribution in [0, 0.1) is 13.8 Å². The van der Waals surface area contributed by atoms with Gasteiger partial charge in [0.15, 0.2) is 11.7 Å². The minimum absolute atomic E-state index is 0.355. The van der Waals surface area contributed by atoms with E-state index >= 15 is 0 Å². The van der Waals surface area contributed by atoms with Crippen LogP contribution >= 0.6 is 12.2 Å². The second-order valence-electron chi connectivity index (χ2n) is 5.29.